The zero-order valence-electron chi connectivity index (χ0n) is 18.7. The lowest BCUT2D eigenvalue weighted by Crippen LogP contribution is -2.49. The van der Waals surface area contributed by atoms with Crippen LogP contribution in [0.25, 0.3) is 11.4 Å². The zero-order valence-corrected chi connectivity index (χ0v) is 18.7. The van der Waals surface area contributed by atoms with E-state index in [1.165, 1.54) is 0 Å². The first-order valence-electron chi connectivity index (χ1n) is 10.8. The first-order chi connectivity index (χ1) is 16.2. The molecule has 1 aliphatic rings. The molecule has 0 spiro atoms. The van der Waals surface area contributed by atoms with Gasteiger partial charge in [0.25, 0.3) is 5.91 Å². The minimum atomic E-state index is -4.60. The number of piperidine rings is 1. The van der Waals surface area contributed by atoms with Crippen LogP contribution in [0.2, 0.25) is 0 Å². The standard InChI is InChI=1S/C23H23F3N6O2/c1-14-4-6-16(13-34-22-29-11-8-18(31-22)23(24,25)26)32(12-14)21(33)19-17(7-5-15(2)30-19)20-27-9-3-10-28-20/h3,5,7-11,14,16H,4,6,12-13H2,1-2H3/t14-,16-/m0/s1. The van der Waals surface area contributed by atoms with E-state index < -0.39 is 11.9 Å². The van der Waals surface area contributed by atoms with Crippen LogP contribution < -0.4 is 4.74 Å². The minimum absolute atomic E-state index is 0.0389. The van der Waals surface area contributed by atoms with Crippen molar-refractivity contribution in [2.45, 2.75) is 38.9 Å². The molecule has 3 aromatic heterocycles. The summed E-state index contributed by atoms with van der Waals surface area (Å²) in [5.41, 5.74) is 0.313. The van der Waals surface area contributed by atoms with E-state index in [0.717, 1.165) is 18.7 Å². The summed E-state index contributed by atoms with van der Waals surface area (Å²) in [6.45, 7) is 4.25. The third-order valence-corrected chi connectivity index (χ3v) is 5.58. The van der Waals surface area contributed by atoms with Crippen molar-refractivity contribution in [1.82, 2.24) is 29.8 Å². The fourth-order valence-electron chi connectivity index (χ4n) is 3.84. The van der Waals surface area contributed by atoms with Crippen LogP contribution in [-0.2, 0) is 6.18 Å². The molecule has 0 aliphatic carbocycles. The number of nitrogens with zero attached hydrogens (tertiary/aromatic N) is 6. The van der Waals surface area contributed by atoms with Crippen molar-refractivity contribution in [2.75, 3.05) is 13.2 Å². The number of aryl methyl sites for hydroxylation is 1. The Labute approximate surface area is 194 Å². The highest BCUT2D eigenvalue weighted by Crippen LogP contribution is 2.29. The van der Waals surface area contributed by atoms with Crippen molar-refractivity contribution in [2.24, 2.45) is 5.92 Å². The van der Waals surface area contributed by atoms with Gasteiger partial charge in [0, 0.05) is 30.8 Å². The van der Waals surface area contributed by atoms with Gasteiger partial charge in [0.05, 0.1) is 11.6 Å². The van der Waals surface area contributed by atoms with Crippen molar-refractivity contribution in [1.29, 1.82) is 0 Å². The van der Waals surface area contributed by atoms with Crippen molar-refractivity contribution < 1.29 is 22.7 Å². The lowest BCUT2D eigenvalue weighted by atomic mass is 9.93. The summed E-state index contributed by atoms with van der Waals surface area (Å²) in [5, 5.41) is 0. The lowest BCUT2D eigenvalue weighted by Gasteiger charge is -2.38. The van der Waals surface area contributed by atoms with E-state index in [1.54, 1.807) is 42.4 Å². The molecule has 34 heavy (non-hydrogen) atoms. The number of pyridine rings is 1. The number of rotatable bonds is 5. The molecule has 0 saturated carbocycles. The number of ether oxygens (including phenoxy) is 1. The van der Waals surface area contributed by atoms with Crippen molar-refractivity contribution in [3.05, 3.63) is 59.9 Å². The Kier molecular flexibility index (Phi) is 6.71. The number of alkyl halides is 3. The Hall–Kier alpha value is -3.63. The van der Waals surface area contributed by atoms with E-state index in [2.05, 4.69) is 24.9 Å². The summed E-state index contributed by atoms with van der Waals surface area (Å²) >= 11 is 0. The maximum atomic E-state index is 13.7. The molecule has 3 aromatic rings. The highest BCUT2D eigenvalue weighted by Gasteiger charge is 2.35. The maximum absolute atomic E-state index is 13.7. The summed E-state index contributed by atoms with van der Waals surface area (Å²) in [6.07, 6.45) is 1.04. The van der Waals surface area contributed by atoms with Crippen LogP contribution in [-0.4, -0.2) is 54.9 Å². The molecule has 8 nitrogen and oxygen atoms in total. The van der Waals surface area contributed by atoms with Gasteiger partial charge in [-0.2, -0.15) is 18.2 Å². The first-order valence-corrected chi connectivity index (χ1v) is 10.8. The van der Waals surface area contributed by atoms with Gasteiger partial charge in [-0.05, 0) is 49.9 Å². The van der Waals surface area contributed by atoms with Crippen LogP contribution in [0.3, 0.4) is 0 Å². The third kappa shape index (κ3) is 5.29. The molecule has 1 amide bonds. The van der Waals surface area contributed by atoms with E-state index >= 15 is 0 Å². The molecule has 4 rings (SSSR count). The second-order valence-corrected chi connectivity index (χ2v) is 8.25. The van der Waals surface area contributed by atoms with Crippen molar-refractivity contribution >= 4 is 5.91 Å². The normalized spacial score (nSPS) is 18.6. The third-order valence-electron chi connectivity index (χ3n) is 5.58. The fraction of sp³-hybridized carbons (Fsp3) is 0.391. The van der Waals surface area contributed by atoms with Crippen LogP contribution >= 0.6 is 0 Å². The van der Waals surface area contributed by atoms with Crippen molar-refractivity contribution in [3.8, 4) is 17.4 Å². The van der Waals surface area contributed by atoms with E-state index in [9.17, 15) is 18.0 Å². The topological polar surface area (TPSA) is 94.0 Å². The highest BCUT2D eigenvalue weighted by atomic mass is 19.4. The molecule has 0 aromatic carbocycles. The Bertz CT molecular complexity index is 1160. The predicted molar refractivity (Wildman–Crippen MR) is 116 cm³/mol. The van der Waals surface area contributed by atoms with Gasteiger partial charge < -0.3 is 9.64 Å². The second-order valence-electron chi connectivity index (χ2n) is 8.25. The van der Waals surface area contributed by atoms with Gasteiger partial charge in [0.1, 0.15) is 12.3 Å². The smallest absolute Gasteiger partial charge is 0.433 e. The number of amides is 1. The van der Waals surface area contributed by atoms with Crippen LogP contribution in [0.4, 0.5) is 13.2 Å². The molecular formula is C23H23F3N6O2. The highest BCUT2D eigenvalue weighted by molar-refractivity contribution is 5.98. The Morgan fingerprint density at radius 1 is 1.09 bits per heavy atom. The van der Waals surface area contributed by atoms with E-state index in [0.29, 0.717) is 30.0 Å². The average Bonchev–Trinajstić information content (AvgIpc) is 2.83. The molecule has 1 aliphatic heterocycles. The van der Waals surface area contributed by atoms with Gasteiger partial charge in [-0.25, -0.2) is 19.9 Å². The summed E-state index contributed by atoms with van der Waals surface area (Å²) in [6, 6.07) is 5.25. The summed E-state index contributed by atoms with van der Waals surface area (Å²) in [5.74, 6) is 0.316. The second kappa shape index (κ2) is 9.70. The molecule has 2 atom stereocenters. The molecule has 11 heteroatoms. The number of aromatic nitrogens is 5. The largest absolute Gasteiger partial charge is 0.461 e. The molecule has 1 fully saturated rings. The molecule has 0 unspecified atom stereocenters. The first kappa shape index (κ1) is 23.5. The van der Waals surface area contributed by atoms with Crippen LogP contribution in [0.1, 0.15) is 41.6 Å². The van der Waals surface area contributed by atoms with Gasteiger partial charge >= 0.3 is 12.2 Å². The van der Waals surface area contributed by atoms with Crippen LogP contribution in [0, 0.1) is 12.8 Å². The molecule has 4 heterocycles. The van der Waals surface area contributed by atoms with Crippen molar-refractivity contribution in [3.63, 3.8) is 0 Å². The minimum Gasteiger partial charge on any atom is -0.461 e. The number of likely N-dealkylation sites (tertiary alicyclic amines) is 1. The van der Waals surface area contributed by atoms with Gasteiger partial charge in [-0.15, -0.1) is 0 Å². The van der Waals surface area contributed by atoms with Gasteiger partial charge in [-0.1, -0.05) is 6.92 Å². The Morgan fingerprint density at radius 2 is 1.85 bits per heavy atom. The van der Waals surface area contributed by atoms with Crippen LogP contribution in [0.15, 0.2) is 42.9 Å². The van der Waals surface area contributed by atoms with E-state index in [1.807, 2.05) is 6.92 Å². The monoisotopic (exact) mass is 472 g/mol. The summed E-state index contributed by atoms with van der Waals surface area (Å²) in [4.78, 5) is 35.5. The number of hydrogen-bond donors (Lipinski definition) is 0. The zero-order chi connectivity index (χ0) is 24.3. The molecule has 0 radical (unpaired) electrons. The van der Waals surface area contributed by atoms with Gasteiger partial charge in [-0.3, -0.25) is 4.79 Å². The number of hydrogen-bond acceptors (Lipinski definition) is 7. The number of carbonyl (C=O) groups excluding carboxylic acids is 1. The fourth-order valence-corrected chi connectivity index (χ4v) is 3.84. The SMILES string of the molecule is Cc1ccc(-c2ncccn2)c(C(=O)N2C[C@@H](C)CC[C@H]2COc2nccc(C(F)(F)F)n2)n1. The van der Waals surface area contributed by atoms with Crippen LogP contribution in [0.5, 0.6) is 6.01 Å². The molecule has 1 saturated heterocycles. The molecule has 178 valence electrons. The number of halogens is 3. The Balaban J connectivity index is 1.59. The number of carbonyl (C=O) groups is 1. The summed E-state index contributed by atoms with van der Waals surface area (Å²) in [7, 11) is 0. The maximum Gasteiger partial charge on any atom is 0.433 e. The quantitative estimate of drug-likeness (QED) is 0.555. The Morgan fingerprint density at radius 3 is 2.59 bits per heavy atom. The average molecular weight is 472 g/mol. The van der Waals surface area contributed by atoms with E-state index in [4.69, 9.17) is 4.74 Å². The van der Waals surface area contributed by atoms with E-state index in [-0.39, 0.29) is 36.2 Å². The summed E-state index contributed by atoms with van der Waals surface area (Å²) < 4.78 is 44.4. The van der Waals surface area contributed by atoms with Gasteiger partial charge in [0.2, 0.25) is 0 Å². The predicted octanol–water partition coefficient (Wildman–Crippen LogP) is 3.98. The van der Waals surface area contributed by atoms with Gasteiger partial charge in [0.15, 0.2) is 11.5 Å². The molecular weight excluding hydrogens is 449 g/mol. The molecule has 0 bridgehead atoms. The lowest BCUT2D eigenvalue weighted by molar-refractivity contribution is -0.141. The molecule has 0 N–H and O–H groups in total.